The quantitative estimate of drug-likeness (QED) is 0.190. The number of guanidine groups is 1. The molecule has 1 aromatic carbocycles. The fourth-order valence-electron chi connectivity index (χ4n) is 2.44. The average molecular weight is 493 g/mol. The summed E-state index contributed by atoms with van der Waals surface area (Å²) < 4.78 is 16.3. The molecule has 7 heteroatoms. The summed E-state index contributed by atoms with van der Waals surface area (Å²) in [4.78, 5) is 4.60. The van der Waals surface area contributed by atoms with Crippen LogP contribution < -0.4 is 20.1 Å². The standard InChI is InChI=1S/C20H35N3O3.HI/c1-5-7-14-26-15-8-12-22-20(21-6-2)23-13-11-17-16-18(24-3)9-10-19(17)25-4;/h9-10,16H,5-8,11-15H2,1-4H3,(H2,21,22,23);1H. The van der Waals surface area contributed by atoms with Crippen LogP contribution in [0.15, 0.2) is 23.2 Å². The summed E-state index contributed by atoms with van der Waals surface area (Å²) in [7, 11) is 3.36. The lowest BCUT2D eigenvalue weighted by Gasteiger charge is -2.13. The number of nitrogens with zero attached hydrogens (tertiary/aromatic N) is 1. The van der Waals surface area contributed by atoms with E-state index in [9.17, 15) is 0 Å². The number of aliphatic imine (C=N–C) groups is 1. The molecule has 0 unspecified atom stereocenters. The van der Waals surface area contributed by atoms with Crippen LogP contribution in [0.3, 0.4) is 0 Å². The number of nitrogens with one attached hydrogen (secondary N) is 2. The Labute approximate surface area is 181 Å². The van der Waals surface area contributed by atoms with Crippen molar-refractivity contribution in [2.45, 2.75) is 39.5 Å². The molecule has 1 rings (SSSR count). The van der Waals surface area contributed by atoms with E-state index >= 15 is 0 Å². The van der Waals surface area contributed by atoms with Gasteiger partial charge in [-0.1, -0.05) is 13.3 Å². The van der Waals surface area contributed by atoms with Gasteiger partial charge in [0.15, 0.2) is 5.96 Å². The summed E-state index contributed by atoms with van der Waals surface area (Å²) in [6.45, 7) is 8.21. The fraction of sp³-hybridized carbons (Fsp3) is 0.650. The number of hydrogen-bond acceptors (Lipinski definition) is 4. The second-order valence-corrected chi connectivity index (χ2v) is 5.93. The van der Waals surface area contributed by atoms with Gasteiger partial charge in [0.2, 0.25) is 0 Å². The molecule has 0 fully saturated rings. The molecule has 0 atom stereocenters. The predicted octanol–water partition coefficient (Wildman–Crippen LogP) is 3.63. The first-order chi connectivity index (χ1) is 12.7. The van der Waals surface area contributed by atoms with Gasteiger partial charge in [-0.25, -0.2) is 0 Å². The van der Waals surface area contributed by atoms with E-state index in [0.717, 1.165) is 75.1 Å². The molecule has 0 radical (unpaired) electrons. The third kappa shape index (κ3) is 11.3. The van der Waals surface area contributed by atoms with Gasteiger partial charge in [0, 0.05) is 32.8 Å². The summed E-state index contributed by atoms with van der Waals surface area (Å²) >= 11 is 0. The lowest BCUT2D eigenvalue weighted by atomic mass is 10.1. The van der Waals surface area contributed by atoms with Crippen LogP contribution in [0.25, 0.3) is 0 Å². The van der Waals surface area contributed by atoms with Crippen molar-refractivity contribution in [2.75, 3.05) is 47.1 Å². The van der Waals surface area contributed by atoms with Gasteiger partial charge in [0.25, 0.3) is 0 Å². The number of benzene rings is 1. The minimum absolute atomic E-state index is 0. The van der Waals surface area contributed by atoms with Gasteiger partial charge in [0.1, 0.15) is 11.5 Å². The summed E-state index contributed by atoms with van der Waals surface area (Å²) in [5.74, 6) is 2.55. The zero-order valence-corrected chi connectivity index (χ0v) is 19.5. The van der Waals surface area contributed by atoms with Gasteiger partial charge in [-0.05, 0) is 49.9 Å². The highest BCUT2D eigenvalue weighted by Gasteiger charge is 2.05. The molecule has 0 aromatic heterocycles. The van der Waals surface area contributed by atoms with Crippen molar-refractivity contribution < 1.29 is 14.2 Å². The normalized spacial score (nSPS) is 10.9. The molecule has 156 valence electrons. The number of ether oxygens (including phenoxy) is 3. The third-order valence-corrected chi connectivity index (χ3v) is 3.88. The molecule has 6 nitrogen and oxygen atoms in total. The summed E-state index contributed by atoms with van der Waals surface area (Å²) in [6, 6.07) is 5.86. The predicted molar refractivity (Wildman–Crippen MR) is 123 cm³/mol. The van der Waals surface area contributed by atoms with Gasteiger partial charge < -0.3 is 24.8 Å². The summed E-state index contributed by atoms with van der Waals surface area (Å²) in [5.41, 5.74) is 1.11. The molecule has 0 saturated carbocycles. The topological polar surface area (TPSA) is 64.1 Å². The van der Waals surface area contributed by atoms with E-state index in [1.54, 1.807) is 14.2 Å². The maximum absolute atomic E-state index is 5.57. The van der Waals surface area contributed by atoms with Crippen molar-refractivity contribution in [1.82, 2.24) is 10.6 Å². The van der Waals surface area contributed by atoms with E-state index in [4.69, 9.17) is 14.2 Å². The molecule has 1 aromatic rings. The van der Waals surface area contributed by atoms with Gasteiger partial charge in [-0.15, -0.1) is 24.0 Å². The Morgan fingerprint density at radius 2 is 1.81 bits per heavy atom. The number of methoxy groups -OCH3 is 2. The van der Waals surface area contributed by atoms with E-state index in [1.807, 2.05) is 18.2 Å². The highest BCUT2D eigenvalue weighted by Crippen LogP contribution is 2.24. The zero-order valence-electron chi connectivity index (χ0n) is 17.2. The summed E-state index contributed by atoms with van der Waals surface area (Å²) in [6.07, 6.45) is 4.06. The Kier molecular flexibility index (Phi) is 16.2. The molecule has 2 N–H and O–H groups in total. The van der Waals surface area contributed by atoms with Crippen molar-refractivity contribution in [3.63, 3.8) is 0 Å². The van der Waals surface area contributed by atoms with E-state index in [0.29, 0.717) is 0 Å². The fourth-order valence-corrected chi connectivity index (χ4v) is 2.44. The number of rotatable bonds is 13. The first-order valence-electron chi connectivity index (χ1n) is 9.55. The summed E-state index contributed by atoms with van der Waals surface area (Å²) in [5, 5.41) is 6.64. The van der Waals surface area contributed by atoms with Crippen molar-refractivity contribution in [3.8, 4) is 11.5 Å². The van der Waals surface area contributed by atoms with Crippen molar-refractivity contribution >= 4 is 29.9 Å². The monoisotopic (exact) mass is 493 g/mol. The highest BCUT2D eigenvalue weighted by molar-refractivity contribution is 14.0. The van der Waals surface area contributed by atoms with Crippen molar-refractivity contribution in [1.29, 1.82) is 0 Å². The Balaban J connectivity index is 0.00000676. The van der Waals surface area contributed by atoms with Gasteiger partial charge in [-0.3, -0.25) is 4.99 Å². The number of hydrogen-bond donors (Lipinski definition) is 2. The molecule has 0 saturated heterocycles. The SMILES string of the molecule is CCCCOCCCN=C(NCC)NCCc1cc(OC)ccc1OC.I. The van der Waals surface area contributed by atoms with Crippen LogP contribution in [0.4, 0.5) is 0 Å². The van der Waals surface area contributed by atoms with E-state index in [-0.39, 0.29) is 24.0 Å². The largest absolute Gasteiger partial charge is 0.497 e. The van der Waals surface area contributed by atoms with Crippen LogP contribution in [0, 0.1) is 0 Å². The highest BCUT2D eigenvalue weighted by atomic mass is 127. The van der Waals surface area contributed by atoms with Crippen LogP contribution in [-0.2, 0) is 11.2 Å². The molecular weight excluding hydrogens is 457 g/mol. The van der Waals surface area contributed by atoms with E-state index < -0.39 is 0 Å². The molecule has 0 spiro atoms. The Morgan fingerprint density at radius 3 is 2.48 bits per heavy atom. The maximum atomic E-state index is 5.57. The molecule has 0 aliphatic rings. The van der Waals surface area contributed by atoms with Gasteiger partial charge >= 0.3 is 0 Å². The minimum Gasteiger partial charge on any atom is -0.497 e. The number of unbranched alkanes of at least 4 members (excludes halogenated alkanes) is 1. The van der Waals surface area contributed by atoms with E-state index in [2.05, 4.69) is 29.5 Å². The van der Waals surface area contributed by atoms with Crippen LogP contribution in [0.5, 0.6) is 11.5 Å². The Morgan fingerprint density at radius 1 is 1.04 bits per heavy atom. The molecular formula is C20H36IN3O3. The van der Waals surface area contributed by atoms with Crippen LogP contribution in [0.1, 0.15) is 38.7 Å². The van der Waals surface area contributed by atoms with E-state index in [1.165, 1.54) is 6.42 Å². The number of halogens is 1. The van der Waals surface area contributed by atoms with Crippen molar-refractivity contribution in [2.24, 2.45) is 4.99 Å². The maximum Gasteiger partial charge on any atom is 0.191 e. The first-order valence-corrected chi connectivity index (χ1v) is 9.55. The third-order valence-electron chi connectivity index (χ3n) is 3.88. The molecule has 0 bridgehead atoms. The lowest BCUT2D eigenvalue weighted by Crippen LogP contribution is -2.38. The Hall–Kier alpha value is -1.22. The van der Waals surface area contributed by atoms with Crippen LogP contribution in [0.2, 0.25) is 0 Å². The van der Waals surface area contributed by atoms with Gasteiger partial charge in [-0.2, -0.15) is 0 Å². The zero-order chi connectivity index (χ0) is 19.0. The van der Waals surface area contributed by atoms with Gasteiger partial charge in [0.05, 0.1) is 14.2 Å². The molecule has 0 aliphatic carbocycles. The molecule has 27 heavy (non-hydrogen) atoms. The smallest absolute Gasteiger partial charge is 0.191 e. The van der Waals surface area contributed by atoms with Crippen LogP contribution in [-0.4, -0.2) is 53.0 Å². The van der Waals surface area contributed by atoms with Crippen molar-refractivity contribution in [3.05, 3.63) is 23.8 Å². The minimum atomic E-state index is 0. The second kappa shape index (κ2) is 16.9. The second-order valence-electron chi connectivity index (χ2n) is 5.93. The Bertz CT molecular complexity index is 527. The van der Waals surface area contributed by atoms with Crippen LogP contribution >= 0.6 is 24.0 Å². The molecule has 0 amide bonds. The average Bonchev–Trinajstić information content (AvgIpc) is 2.67. The molecule has 0 heterocycles. The molecule has 0 aliphatic heterocycles. The lowest BCUT2D eigenvalue weighted by molar-refractivity contribution is 0.130. The first kappa shape index (κ1) is 25.8.